The predicted octanol–water partition coefficient (Wildman–Crippen LogP) is 3.32. The van der Waals surface area contributed by atoms with E-state index in [1.807, 2.05) is 0 Å². The average Bonchev–Trinajstić information content (AvgIpc) is 2.42. The molecular weight excluding hydrogens is 132 g/mol. The molecule has 2 fully saturated rings. The zero-order valence-corrected chi connectivity index (χ0v) is 8.44. The van der Waals surface area contributed by atoms with Crippen LogP contribution in [0.25, 0.3) is 0 Å². The van der Waals surface area contributed by atoms with Crippen LogP contribution in [0, 0.1) is 28.6 Å². The lowest BCUT2D eigenvalue weighted by Crippen LogP contribution is -2.34. The second-order valence-electron chi connectivity index (χ2n) is 5.24. The minimum atomic E-state index is 0.667. The Kier molecular flexibility index (Phi) is 1.16. The van der Waals surface area contributed by atoms with Crippen molar-refractivity contribution in [2.24, 2.45) is 28.6 Å². The van der Waals surface area contributed by atoms with Crippen LogP contribution in [0.15, 0.2) is 0 Å². The van der Waals surface area contributed by atoms with Gasteiger partial charge in [-0.2, -0.15) is 0 Å². The van der Waals surface area contributed by atoms with Crippen molar-refractivity contribution in [1.82, 2.24) is 0 Å². The summed E-state index contributed by atoms with van der Waals surface area (Å²) in [4.78, 5) is 0. The molecule has 11 heavy (non-hydrogen) atoms. The maximum Gasteiger partial charge on any atom is -0.0181 e. The molecule has 0 nitrogen and oxygen atoms in total. The highest BCUT2D eigenvalue weighted by molar-refractivity contribution is 5.28. The van der Waals surface area contributed by atoms with Gasteiger partial charge < -0.3 is 0 Å². The van der Waals surface area contributed by atoms with Crippen molar-refractivity contribution in [3.8, 4) is 0 Å². The Bertz CT molecular complexity index is 192. The van der Waals surface area contributed by atoms with E-state index in [0.29, 0.717) is 5.41 Å². The second kappa shape index (κ2) is 1.67. The van der Waals surface area contributed by atoms with Crippen molar-refractivity contribution < 1.29 is 0 Å². The molecule has 0 aliphatic heterocycles. The normalized spacial score (nSPS) is 58.1. The molecule has 0 saturated heterocycles. The molecular formula is C11H20. The van der Waals surface area contributed by atoms with E-state index < -0.39 is 0 Å². The van der Waals surface area contributed by atoms with Crippen molar-refractivity contribution in [2.45, 2.75) is 41.0 Å². The number of fused-ring (bicyclic) bond motifs is 1. The van der Waals surface area contributed by atoms with Crippen LogP contribution < -0.4 is 0 Å². The van der Waals surface area contributed by atoms with E-state index in [0.717, 1.165) is 23.2 Å². The van der Waals surface area contributed by atoms with Crippen molar-refractivity contribution >= 4 is 0 Å². The van der Waals surface area contributed by atoms with Crippen LogP contribution in [-0.4, -0.2) is 0 Å². The molecule has 0 radical (unpaired) electrons. The van der Waals surface area contributed by atoms with Gasteiger partial charge in [0.2, 0.25) is 0 Å². The standard InChI is InChI=1S/C11H20/c1-6-11-8(3)7(2)9(11)10(11,4)5/h7-9H,6H2,1-5H3. The van der Waals surface area contributed by atoms with Crippen LogP contribution in [-0.2, 0) is 0 Å². The fraction of sp³-hybridized carbons (Fsp3) is 1.00. The summed E-state index contributed by atoms with van der Waals surface area (Å²) in [5.41, 5.74) is 1.42. The maximum absolute atomic E-state index is 2.46. The summed E-state index contributed by atoms with van der Waals surface area (Å²) in [6.07, 6.45) is 1.40. The van der Waals surface area contributed by atoms with Gasteiger partial charge in [-0.05, 0) is 35.0 Å². The first kappa shape index (κ1) is 7.64. The van der Waals surface area contributed by atoms with Crippen molar-refractivity contribution in [1.29, 1.82) is 0 Å². The summed E-state index contributed by atoms with van der Waals surface area (Å²) in [6, 6.07) is 0. The SMILES string of the molecule is CCC12C(C)C(C)C1C2(C)C. The first-order chi connectivity index (χ1) is 5.00. The molecule has 0 aromatic heterocycles. The molecule has 2 rings (SSSR count). The molecule has 4 unspecified atom stereocenters. The zero-order chi connectivity index (χ0) is 8.44. The lowest BCUT2D eigenvalue weighted by molar-refractivity contribution is 0.0807. The molecule has 4 atom stereocenters. The molecule has 0 heteroatoms. The van der Waals surface area contributed by atoms with E-state index >= 15 is 0 Å². The average molecular weight is 152 g/mol. The van der Waals surface area contributed by atoms with Gasteiger partial charge in [0.15, 0.2) is 0 Å². The fourth-order valence-electron chi connectivity index (χ4n) is 4.56. The van der Waals surface area contributed by atoms with Crippen molar-refractivity contribution in [3.63, 3.8) is 0 Å². The number of hydrogen-bond donors (Lipinski definition) is 0. The largest absolute Gasteiger partial charge is 0.0648 e. The van der Waals surface area contributed by atoms with Gasteiger partial charge in [-0.25, -0.2) is 0 Å². The first-order valence-electron chi connectivity index (χ1n) is 5.00. The van der Waals surface area contributed by atoms with Gasteiger partial charge >= 0.3 is 0 Å². The maximum atomic E-state index is 2.46. The highest BCUT2D eigenvalue weighted by Crippen LogP contribution is 2.85. The van der Waals surface area contributed by atoms with Crippen molar-refractivity contribution in [3.05, 3.63) is 0 Å². The van der Waals surface area contributed by atoms with Crippen LogP contribution in [0.1, 0.15) is 41.0 Å². The van der Waals surface area contributed by atoms with Crippen LogP contribution >= 0.6 is 0 Å². The van der Waals surface area contributed by atoms with Crippen LogP contribution in [0.5, 0.6) is 0 Å². The van der Waals surface area contributed by atoms with Crippen LogP contribution in [0.3, 0.4) is 0 Å². The quantitative estimate of drug-likeness (QED) is 0.540. The van der Waals surface area contributed by atoms with Gasteiger partial charge in [0.1, 0.15) is 0 Å². The summed E-state index contributed by atoms with van der Waals surface area (Å²) in [5, 5.41) is 0. The molecule has 2 aliphatic carbocycles. The molecule has 64 valence electrons. The van der Waals surface area contributed by atoms with E-state index in [1.165, 1.54) is 6.42 Å². The van der Waals surface area contributed by atoms with Crippen LogP contribution in [0.4, 0.5) is 0 Å². The minimum Gasteiger partial charge on any atom is -0.0648 e. The summed E-state index contributed by atoms with van der Waals surface area (Å²) in [5.74, 6) is 3.02. The predicted molar refractivity (Wildman–Crippen MR) is 48.3 cm³/mol. The smallest absolute Gasteiger partial charge is 0.0181 e. The molecule has 0 heterocycles. The second-order valence-corrected chi connectivity index (χ2v) is 5.24. The summed E-state index contributed by atoms with van der Waals surface area (Å²) in [6.45, 7) is 12.2. The van der Waals surface area contributed by atoms with E-state index in [4.69, 9.17) is 0 Å². The van der Waals surface area contributed by atoms with E-state index in [1.54, 1.807) is 0 Å². The molecule has 2 aliphatic rings. The molecule has 0 bridgehead atoms. The molecule has 0 aromatic carbocycles. The van der Waals surface area contributed by atoms with Crippen LogP contribution in [0.2, 0.25) is 0 Å². The summed E-state index contributed by atoms with van der Waals surface area (Å²) < 4.78 is 0. The van der Waals surface area contributed by atoms with Gasteiger partial charge in [0.05, 0.1) is 0 Å². The monoisotopic (exact) mass is 152 g/mol. The third-order valence-electron chi connectivity index (χ3n) is 5.16. The molecule has 0 amide bonds. The number of hydrogen-bond acceptors (Lipinski definition) is 0. The lowest BCUT2D eigenvalue weighted by Gasteiger charge is -2.40. The third kappa shape index (κ3) is 0.494. The zero-order valence-electron chi connectivity index (χ0n) is 8.44. The molecule has 2 saturated carbocycles. The molecule has 0 aromatic rings. The van der Waals surface area contributed by atoms with Gasteiger partial charge in [0, 0.05) is 0 Å². The van der Waals surface area contributed by atoms with Crippen molar-refractivity contribution in [2.75, 3.05) is 0 Å². The Morgan fingerprint density at radius 2 is 1.73 bits per heavy atom. The van der Waals surface area contributed by atoms with Gasteiger partial charge in [-0.3, -0.25) is 0 Å². The Hall–Kier alpha value is 0. The summed E-state index contributed by atoms with van der Waals surface area (Å²) in [7, 11) is 0. The Balaban J connectivity index is 2.27. The Morgan fingerprint density at radius 3 is 1.91 bits per heavy atom. The highest BCUT2D eigenvalue weighted by Gasteiger charge is 2.81. The first-order valence-corrected chi connectivity index (χ1v) is 5.00. The fourth-order valence-corrected chi connectivity index (χ4v) is 4.56. The Labute approximate surface area is 70.4 Å². The topological polar surface area (TPSA) is 0 Å². The molecule has 0 spiro atoms. The van der Waals surface area contributed by atoms with Gasteiger partial charge in [0.25, 0.3) is 0 Å². The highest BCUT2D eigenvalue weighted by atomic mass is 14.8. The Morgan fingerprint density at radius 1 is 1.18 bits per heavy atom. The van der Waals surface area contributed by atoms with E-state index in [2.05, 4.69) is 34.6 Å². The van der Waals surface area contributed by atoms with Gasteiger partial charge in [-0.1, -0.05) is 34.6 Å². The minimum absolute atomic E-state index is 0.667. The van der Waals surface area contributed by atoms with E-state index in [9.17, 15) is 0 Å². The lowest BCUT2D eigenvalue weighted by atomic mass is 9.65. The summed E-state index contributed by atoms with van der Waals surface area (Å²) >= 11 is 0. The third-order valence-corrected chi connectivity index (χ3v) is 5.16. The number of rotatable bonds is 1. The van der Waals surface area contributed by atoms with Gasteiger partial charge in [-0.15, -0.1) is 0 Å². The van der Waals surface area contributed by atoms with E-state index in [-0.39, 0.29) is 0 Å². The molecule has 0 N–H and O–H groups in total.